The van der Waals surface area contributed by atoms with Crippen LogP contribution in [0.2, 0.25) is 0 Å². The third-order valence-corrected chi connectivity index (χ3v) is 16.4. The molecule has 0 bridgehead atoms. The van der Waals surface area contributed by atoms with Crippen molar-refractivity contribution in [3.8, 4) is 39.1 Å². The molecule has 9 aromatic carbocycles. The smallest absolute Gasteiger partial charge is 0.220 e. The van der Waals surface area contributed by atoms with Crippen molar-refractivity contribution >= 4 is 44.9 Å². The lowest BCUT2D eigenvalue weighted by atomic mass is 9.69. The van der Waals surface area contributed by atoms with E-state index in [-0.39, 0.29) is 16.2 Å². The molecule has 3 aliphatic rings. The van der Waals surface area contributed by atoms with Gasteiger partial charge in [0.1, 0.15) is 0 Å². The van der Waals surface area contributed by atoms with E-state index in [2.05, 4.69) is 263 Å². The number of hydrogen-bond acceptors (Lipinski definition) is 2. The average Bonchev–Trinajstić information content (AvgIpc) is 4.13. The Morgan fingerprint density at radius 1 is 0.423 bits per heavy atom. The Bertz CT molecular complexity index is 4000. The van der Waals surface area contributed by atoms with Crippen LogP contribution in [-0.4, -0.2) is 14.0 Å². The Labute approximate surface area is 416 Å². The van der Waals surface area contributed by atoms with E-state index in [1.807, 2.05) is 0 Å². The van der Waals surface area contributed by atoms with Gasteiger partial charge in [0.15, 0.2) is 0 Å². The zero-order valence-electron chi connectivity index (χ0n) is 41.8. The fourth-order valence-corrected chi connectivity index (χ4v) is 13.0. The summed E-state index contributed by atoms with van der Waals surface area (Å²) in [5.41, 5.74) is 26.6. The van der Waals surface area contributed by atoms with Crippen molar-refractivity contribution in [1.82, 2.24) is 14.0 Å². The van der Waals surface area contributed by atoms with E-state index in [0.29, 0.717) is 0 Å². The molecular weight excluding hydrogens is 861 g/mol. The lowest BCUT2D eigenvalue weighted by Gasteiger charge is -2.33. The summed E-state index contributed by atoms with van der Waals surface area (Å²) in [7, 11) is 0. The first-order valence-electron chi connectivity index (χ1n) is 25.3. The molecule has 344 valence electrons. The summed E-state index contributed by atoms with van der Waals surface area (Å²) in [5.74, 6) is 0.896. The van der Waals surface area contributed by atoms with Crippen LogP contribution in [-0.2, 0) is 21.7 Å². The summed E-state index contributed by atoms with van der Waals surface area (Å²) >= 11 is 0. The maximum Gasteiger partial charge on any atom is 0.220 e. The second-order valence-electron chi connectivity index (χ2n) is 22.8. The van der Waals surface area contributed by atoms with E-state index < -0.39 is 5.41 Å². The van der Waals surface area contributed by atoms with Crippen molar-refractivity contribution in [3.63, 3.8) is 0 Å². The number of nitrogens with zero attached hydrogens (tertiary/aromatic N) is 4. The molecule has 11 aromatic rings. The largest absolute Gasteiger partial charge is 0.310 e. The SMILES string of the molecule is CC(C)(C)c1ccc2c(c1)C1(c3cc(C(C)(C)C)ccc3-2)c2ccccc2-c2c(N(c3cccc(-n4c5ccccc5n5c6ccccc6nc45)c3)c3ccc4c(c3)C(C)(C)c3ccccc3-4)cccc21. The average molecular weight is 917 g/mol. The van der Waals surface area contributed by atoms with Gasteiger partial charge in [-0.15, -0.1) is 0 Å². The van der Waals surface area contributed by atoms with E-state index in [9.17, 15) is 0 Å². The number of imidazole rings is 2. The second kappa shape index (κ2) is 14.3. The molecule has 14 rings (SSSR count). The van der Waals surface area contributed by atoms with Crippen LogP contribution < -0.4 is 4.90 Å². The van der Waals surface area contributed by atoms with Crippen LogP contribution in [0.25, 0.3) is 66.9 Å². The van der Waals surface area contributed by atoms with E-state index in [1.165, 1.54) is 77.9 Å². The Balaban J connectivity index is 1.07. The topological polar surface area (TPSA) is 25.5 Å². The first-order chi connectivity index (χ1) is 34.2. The molecule has 2 heterocycles. The highest BCUT2D eigenvalue weighted by Gasteiger charge is 2.53. The molecule has 0 saturated heterocycles. The predicted molar refractivity (Wildman–Crippen MR) is 295 cm³/mol. The molecule has 2 aromatic heterocycles. The quantitative estimate of drug-likeness (QED) is 0.176. The number of aromatic nitrogens is 3. The fourth-order valence-electron chi connectivity index (χ4n) is 13.0. The summed E-state index contributed by atoms with van der Waals surface area (Å²) < 4.78 is 4.65. The van der Waals surface area contributed by atoms with Gasteiger partial charge in [0, 0.05) is 22.4 Å². The van der Waals surface area contributed by atoms with E-state index in [1.54, 1.807) is 0 Å². The third kappa shape index (κ3) is 5.65. The summed E-state index contributed by atoms with van der Waals surface area (Å²) in [6, 6.07) is 73.6. The number of anilines is 3. The Morgan fingerprint density at radius 3 is 1.69 bits per heavy atom. The zero-order chi connectivity index (χ0) is 48.3. The lowest BCUT2D eigenvalue weighted by Crippen LogP contribution is -2.27. The van der Waals surface area contributed by atoms with Crippen LogP contribution in [0.4, 0.5) is 17.1 Å². The van der Waals surface area contributed by atoms with Gasteiger partial charge < -0.3 is 4.90 Å². The van der Waals surface area contributed by atoms with Crippen LogP contribution in [0.5, 0.6) is 0 Å². The minimum atomic E-state index is -0.539. The standard InChI is InChI=1S/C67H56N4/c1-64(2,3)41-31-34-48-49-35-32-42(65(4,5)6)38-56(49)67(55(48)37-41)52-24-12-10-22-50(52)62-53(67)25-18-30-61(62)69(45-33-36-47-46-21-9-11-23-51(46)66(7,8)54(47)40-45)43-19-17-20-44(39-43)70-59-28-15-16-29-60(59)71-58-27-14-13-26-57(58)68-63(70)71/h9-40H,1-8H3. The first kappa shape index (κ1) is 42.0. The van der Waals surface area contributed by atoms with Gasteiger partial charge in [-0.3, -0.25) is 8.97 Å². The van der Waals surface area contributed by atoms with Crippen molar-refractivity contribution in [3.05, 3.63) is 239 Å². The maximum atomic E-state index is 5.30. The highest BCUT2D eigenvalue weighted by molar-refractivity contribution is 6.02. The number of rotatable bonds is 4. The highest BCUT2D eigenvalue weighted by atomic mass is 15.2. The number of hydrogen-bond donors (Lipinski definition) is 0. The molecule has 0 unspecified atom stereocenters. The highest BCUT2D eigenvalue weighted by Crippen LogP contribution is 2.65. The Kier molecular flexibility index (Phi) is 8.47. The van der Waals surface area contributed by atoms with Gasteiger partial charge in [-0.05, 0) is 144 Å². The normalized spacial score (nSPS) is 14.7. The molecule has 0 N–H and O–H groups in total. The van der Waals surface area contributed by atoms with E-state index in [0.717, 1.165) is 50.6 Å². The van der Waals surface area contributed by atoms with Gasteiger partial charge in [0.05, 0.1) is 38.9 Å². The van der Waals surface area contributed by atoms with E-state index >= 15 is 0 Å². The summed E-state index contributed by atoms with van der Waals surface area (Å²) in [6.07, 6.45) is 0. The first-order valence-corrected chi connectivity index (χ1v) is 25.3. The minimum absolute atomic E-state index is 0.0348. The predicted octanol–water partition coefficient (Wildman–Crippen LogP) is 17.1. The molecular formula is C67H56N4. The Hall–Kier alpha value is -7.95. The van der Waals surface area contributed by atoms with Crippen molar-refractivity contribution in [1.29, 1.82) is 0 Å². The molecule has 0 amide bonds. The van der Waals surface area contributed by atoms with Crippen molar-refractivity contribution in [2.75, 3.05) is 4.90 Å². The van der Waals surface area contributed by atoms with Crippen molar-refractivity contribution in [2.45, 2.75) is 77.0 Å². The molecule has 1 spiro atoms. The fraction of sp³-hybridized carbons (Fsp3) is 0.179. The van der Waals surface area contributed by atoms with Gasteiger partial charge in [0.25, 0.3) is 0 Å². The summed E-state index contributed by atoms with van der Waals surface area (Å²) in [6.45, 7) is 18.8. The minimum Gasteiger partial charge on any atom is -0.310 e. The molecule has 0 aliphatic heterocycles. The van der Waals surface area contributed by atoms with Gasteiger partial charge >= 0.3 is 0 Å². The maximum absolute atomic E-state index is 5.30. The van der Waals surface area contributed by atoms with Gasteiger partial charge in [-0.2, -0.15) is 0 Å². The molecule has 0 atom stereocenters. The monoisotopic (exact) mass is 916 g/mol. The molecule has 4 nitrogen and oxygen atoms in total. The molecule has 71 heavy (non-hydrogen) atoms. The van der Waals surface area contributed by atoms with Crippen molar-refractivity contribution in [2.24, 2.45) is 0 Å². The summed E-state index contributed by atoms with van der Waals surface area (Å²) in [5, 5.41) is 0. The van der Waals surface area contributed by atoms with Crippen LogP contribution in [0.3, 0.4) is 0 Å². The van der Waals surface area contributed by atoms with Gasteiger partial charge in [-0.25, -0.2) is 4.98 Å². The van der Waals surface area contributed by atoms with Crippen molar-refractivity contribution < 1.29 is 0 Å². The number of para-hydroxylation sites is 4. The van der Waals surface area contributed by atoms with Crippen LogP contribution in [0.15, 0.2) is 194 Å². The molecule has 3 aliphatic carbocycles. The molecule has 0 radical (unpaired) electrons. The second-order valence-corrected chi connectivity index (χ2v) is 22.8. The summed E-state index contributed by atoms with van der Waals surface area (Å²) in [4.78, 5) is 7.85. The number of fused-ring (bicyclic) bond motifs is 18. The van der Waals surface area contributed by atoms with E-state index in [4.69, 9.17) is 4.98 Å². The molecule has 4 heteroatoms. The Morgan fingerprint density at radius 2 is 0.972 bits per heavy atom. The number of benzene rings is 9. The van der Waals surface area contributed by atoms with Gasteiger partial charge in [-0.1, -0.05) is 189 Å². The van der Waals surface area contributed by atoms with Gasteiger partial charge in [0.2, 0.25) is 5.78 Å². The lowest BCUT2D eigenvalue weighted by molar-refractivity contribution is 0.586. The van der Waals surface area contributed by atoms with Crippen LogP contribution >= 0.6 is 0 Å². The molecule has 0 fully saturated rings. The van der Waals surface area contributed by atoms with Crippen LogP contribution in [0.1, 0.15) is 99.9 Å². The molecule has 0 saturated carbocycles. The third-order valence-electron chi connectivity index (χ3n) is 16.4. The van der Waals surface area contributed by atoms with Crippen LogP contribution in [0, 0.1) is 0 Å². The zero-order valence-corrected chi connectivity index (χ0v) is 41.8.